The van der Waals surface area contributed by atoms with E-state index < -0.39 is 45.8 Å². The number of sulfonamides is 1. The lowest BCUT2D eigenvalue weighted by Gasteiger charge is -2.33. The lowest BCUT2D eigenvalue weighted by Crippen LogP contribution is -2.54. The van der Waals surface area contributed by atoms with Crippen molar-refractivity contribution in [2.24, 2.45) is 0 Å². The molecule has 0 bridgehead atoms. The molecule has 0 spiro atoms. The summed E-state index contributed by atoms with van der Waals surface area (Å²) in [7, 11) is -2.86. The van der Waals surface area contributed by atoms with E-state index in [1.54, 1.807) is 31.2 Å². The minimum atomic E-state index is -4.38. The number of hydrogen-bond donors (Lipinski definition) is 1. The van der Waals surface area contributed by atoms with Gasteiger partial charge in [0.15, 0.2) is 11.5 Å². The summed E-state index contributed by atoms with van der Waals surface area (Å²) in [4.78, 5) is 28.5. The smallest absolute Gasteiger partial charge is 0.264 e. The van der Waals surface area contributed by atoms with Crippen LogP contribution >= 0.6 is 0 Å². The van der Waals surface area contributed by atoms with Crippen LogP contribution in [0.1, 0.15) is 33.3 Å². The molecule has 10 nitrogen and oxygen atoms in total. The van der Waals surface area contributed by atoms with Gasteiger partial charge in [-0.05, 0) is 81.8 Å². The van der Waals surface area contributed by atoms with Crippen molar-refractivity contribution in [3.8, 4) is 17.2 Å². The van der Waals surface area contributed by atoms with E-state index in [2.05, 4.69) is 5.32 Å². The van der Waals surface area contributed by atoms with E-state index in [0.29, 0.717) is 23.7 Å². The van der Waals surface area contributed by atoms with Crippen LogP contribution in [0.15, 0.2) is 71.6 Å². The van der Waals surface area contributed by atoms with Gasteiger partial charge in [0.2, 0.25) is 11.8 Å². The van der Waals surface area contributed by atoms with Crippen LogP contribution in [0.5, 0.6) is 17.2 Å². The highest BCUT2D eigenvalue weighted by molar-refractivity contribution is 7.92. The van der Waals surface area contributed by atoms with E-state index in [1.807, 2.05) is 20.8 Å². The van der Waals surface area contributed by atoms with Crippen molar-refractivity contribution >= 4 is 27.5 Å². The molecule has 1 atom stereocenters. The second-order valence-electron chi connectivity index (χ2n) is 11.1. The predicted molar refractivity (Wildman–Crippen MR) is 159 cm³/mol. The van der Waals surface area contributed by atoms with Gasteiger partial charge in [0, 0.05) is 18.2 Å². The first-order valence-electron chi connectivity index (χ1n) is 13.7. The van der Waals surface area contributed by atoms with Gasteiger partial charge in [-0.15, -0.1) is 0 Å². The van der Waals surface area contributed by atoms with Crippen LogP contribution in [0.4, 0.5) is 10.1 Å². The summed E-state index contributed by atoms with van der Waals surface area (Å²) in [6.07, 6.45) is 0. The number of methoxy groups -OCH3 is 1. The lowest BCUT2D eigenvalue weighted by atomic mass is 10.1. The second-order valence-corrected chi connectivity index (χ2v) is 12.9. The van der Waals surface area contributed by atoms with Crippen molar-refractivity contribution in [1.29, 1.82) is 0 Å². The maximum Gasteiger partial charge on any atom is 0.264 e. The molecule has 2 amide bonds. The summed E-state index contributed by atoms with van der Waals surface area (Å²) in [6.45, 7) is 6.96. The van der Waals surface area contributed by atoms with Crippen LogP contribution in [0.2, 0.25) is 0 Å². The molecule has 1 N–H and O–H groups in total. The first-order chi connectivity index (χ1) is 20.3. The molecule has 1 heterocycles. The number of benzene rings is 3. The Balaban J connectivity index is 1.73. The van der Waals surface area contributed by atoms with E-state index in [1.165, 1.54) is 42.3 Å². The zero-order valence-corrected chi connectivity index (χ0v) is 25.6. The summed E-state index contributed by atoms with van der Waals surface area (Å²) >= 11 is 0. The molecule has 3 aromatic rings. The standard InChI is InChI=1S/C31H36FN3O7S/c1-21(30(37)33-31(2,3)4)34(19-22-7-6-8-25(17-22)40-5)29(36)20-35(24-11-9-23(32)10-12-24)43(38,39)26-13-14-27-28(18-26)42-16-15-41-27/h6-14,17-18,21H,15-16,19-20H2,1-5H3,(H,33,37)/t21-/m0/s1. The van der Waals surface area contributed by atoms with Gasteiger partial charge in [-0.3, -0.25) is 13.9 Å². The van der Waals surface area contributed by atoms with Gasteiger partial charge in [-0.1, -0.05) is 12.1 Å². The quantitative estimate of drug-likeness (QED) is 0.366. The zero-order chi connectivity index (χ0) is 31.4. The molecule has 43 heavy (non-hydrogen) atoms. The van der Waals surface area contributed by atoms with Crippen molar-refractivity contribution in [2.75, 3.05) is 31.2 Å². The molecular formula is C31H36FN3O7S. The summed E-state index contributed by atoms with van der Waals surface area (Å²) in [5, 5.41) is 2.88. The molecule has 3 aromatic carbocycles. The Kier molecular flexibility index (Phi) is 9.49. The predicted octanol–water partition coefficient (Wildman–Crippen LogP) is 4.13. The van der Waals surface area contributed by atoms with Gasteiger partial charge in [-0.2, -0.15) is 0 Å². The van der Waals surface area contributed by atoms with Gasteiger partial charge in [0.25, 0.3) is 10.0 Å². The fraction of sp³-hybridized carbons (Fsp3) is 0.355. The molecule has 0 saturated carbocycles. The SMILES string of the molecule is COc1cccc(CN(C(=O)CN(c2ccc(F)cc2)S(=O)(=O)c2ccc3c(c2)OCCO3)[C@@H](C)C(=O)NC(C)(C)C)c1. The lowest BCUT2D eigenvalue weighted by molar-refractivity contribution is -0.140. The van der Waals surface area contributed by atoms with Crippen molar-refractivity contribution in [2.45, 2.75) is 50.7 Å². The zero-order valence-electron chi connectivity index (χ0n) is 24.8. The second kappa shape index (κ2) is 12.9. The summed E-state index contributed by atoms with van der Waals surface area (Å²) in [5.74, 6) is -0.413. The number of rotatable bonds is 10. The average molecular weight is 614 g/mol. The minimum Gasteiger partial charge on any atom is -0.497 e. The Bertz CT molecular complexity index is 1570. The number of nitrogens with zero attached hydrogens (tertiary/aromatic N) is 2. The molecule has 0 unspecified atom stereocenters. The van der Waals surface area contributed by atoms with Gasteiger partial charge >= 0.3 is 0 Å². The third kappa shape index (κ3) is 7.75. The van der Waals surface area contributed by atoms with Crippen LogP contribution < -0.4 is 23.8 Å². The van der Waals surface area contributed by atoms with Gasteiger partial charge in [0.05, 0.1) is 17.7 Å². The maximum atomic E-state index is 14.1. The Morgan fingerprint density at radius 1 is 1.00 bits per heavy atom. The van der Waals surface area contributed by atoms with Crippen molar-refractivity contribution in [3.05, 3.63) is 78.1 Å². The Morgan fingerprint density at radius 2 is 1.67 bits per heavy atom. The summed E-state index contributed by atoms with van der Waals surface area (Å²) in [5.41, 5.74) is 0.168. The van der Waals surface area contributed by atoms with Crippen LogP contribution in [-0.2, 0) is 26.2 Å². The van der Waals surface area contributed by atoms with Gasteiger partial charge < -0.3 is 24.4 Å². The molecule has 0 radical (unpaired) electrons. The minimum absolute atomic E-state index is 0.00388. The highest BCUT2D eigenvalue weighted by Crippen LogP contribution is 2.34. The largest absolute Gasteiger partial charge is 0.497 e. The highest BCUT2D eigenvalue weighted by atomic mass is 32.2. The van der Waals surface area contributed by atoms with E-state index in [-0.39, 0.29) is 29.5 Å². The molecule has 230 valence electrons. The van der Waals surface area contributed by atoms with Crippen molar-refractivity contribution in [3.63, 3.8) is 0 Å². The number of nitrogens with one attached hydrogen (secondary N) is 1. The summed E-state index contributed by atoms with van der Waals surface area (Å²) < 4.78 is 59.3. The van der Waals surface area contributed by atoms with Crippen molar-refractivity contribution < 1.29 is 36.6 Å². The van der Waals surface area contributed by atoms with Crippen LogP contribution in [0.25, 0.3) is 0 Å². The molecule has 4 rings (SSSR count). The topological polar surface area (TPSA) is 114 Å². The third-order valence-electron chi connectivity index (χ3n) is 6.65. The van der Waals surface area contributed by atoms with E-state index in [4.69, 9.17) is 14.2 Å². The molecule has 0 aliphatic carbocycles. The highest BCUT2D eigenvalue weighted by Gasteiger charge is 2.34. The number of halogens is 1. The number of carbonyl (C=O) groups is 2. The molecule has 0 saturated heterocycles. The van der Waals surface area contributed by atoms with E-state index in [9.17, 15) is 22.4 Å². The molecular weight excluding hydrogens is 577 g/mol. The molecule has 1 aliphatic rings. The maximum absolute atomic E-state index is 14.1. The van der Waals surface area contributed by atoms with E-state index >= 15 is 0 Å². The van der Waals surface area contributed by atoms with Crippen LogP contribution in [0.3, 0.4) is 0 Å². The number of fused-ring (bicyclic) bond motifs is 1. The van der Waals surface area contributed by atoms with Gasteiger partial charge in [0.1, 0.15) is 37.4 Å². The van der Waals surface area contributed by atoms with Crippen LogP contribution in [-0.4, -0.2) is 63.6 Å². The number of anilines is 1. The summed E-state index contributed by atoms with van der Waals surface area (Å²) in [6, 6.07) is 15.0. The molecule has 1 aliphatic heterocycles. The number of amides is 2. The fourth-order valence-electron chi connectivity index (χ4n) is 4.47. The Labute approximate surface area is 251 Å². The number of hydrogen-bond acceptors (Lipinski definition) is 7. The Hall–Kier alpha value is -4.32. The molecule has 12 heteroatoms. The normalized spacial score (nSPS) is 13.5. The van der Waals surface area contributed by atoms with Crippen LogP contribution in [0, 0.1) is 5.82 Å². The molecule has 0 fully saturated rings. The third-order valence-corrected chi connectivity index (χ3v) is 8.42. The Morgan fingerprint density at radius 3 is 2.33 bits per heavy atom. The first-order valence-corrected chi connectivity index (χ1v) is 15.1. The monoisotopic (exact) mass is 613 g/mol. The van der Waals surface area contributed by atoms with Gasteiger partial charge in [-0.25, -0.2) is 12.8 Å². The first kappa shape index (κ1) is 31.6. The number of ether oxygens (including phenoxy) is 3. The molecule has 0 aromatic heterocycles. The fourth-order valence-corrected chi connectivity index (χ4v) is 5.90. The number of carbonyl (C=O) groups excluding carboxylic acids is 2. The average Bonchev–Trinajstić information content (AvgIpc) is 2.97. The van der Waals surface area contributed by atoms with Crippen molar-refractivity contribution in [1.82, 2.24) is 10.2 Å². The van der Waals surface area contributed by atoms with E-state index in [0.717, 1.165) is 16.4 Å².